The molecule has 1 heterocycles. The lowest BCUT2D eigenvalue weighted by Crippen LogP contribution is -2.31. The number of nitrogens with zero attached hydrogens (tertiary/aromatic N) is 2. The Morgan fingerprint density at radius 2 is 2.04 bits per heavy atom. The van der Waals surface area contributed by atoms with Crippen LogP contribution >= 0.6 is 27.7 Å². The number of carbonyl (C=O) groups is 2. The standard InChI is InChI=1S/C19H17BrFN3O2S/c1-2-22-19(23-14-5-3-4-13(21)10-14)27-16-11-17(25)24(18(16)26)15-8-6-12(20)7-9-15/h3-10,16H,2,11H2,1H3,(H,22,23)/t16-/m0/s1. The molecular formula is C19H17BrFN3O2S. The van der Waals surface area contributed by atoms with E-state index in [2.05, 4.69) is 26.2 Å². The molecule has 0 aliphatic carbocycles. The van der Waals surface area contributed by atoms with Gasteiger partial charge in [0.05, 0.1) is 5.69 Å². The Hall–Kier alpha value is -2.19. The van der Waals surface area contributed by atoms with E-state index in [-0.39, 0.29) is 24.1 Å². The summed E-state index contributed by atoms with van der Waals surface area (Å²) in [6.45, 7) is 2.36. The molecule has 0 spiro atoms. The third-order valence-electron chi connectivity index (χ3n) is 3.82. The van der Waals surface area contributed by atoms with Crippen molar-refractivity contribution in [1.29, 1.82) is 0 Å². The molecule has 1 saturated heterocycles. The number of thioether (sulfide) groups is 1. The average molecular weight is 450 g/mol. The highest BCUT2D eigenvalue weighted by atomic mass is 79.9. The number of rotatable bonds is 4. The zero-order valence-electron chi connectivity index (χ0n) is 14.5. The summed E-state index contributed by atoms with van der Waals surface area (Å²) in [5, 5.41) is 2.93. The minimum atomic E-state index is -0.576. The highest BCUT2D eigenvalue weighted by Gasteiger charge is 2.40. The molecule has 0 radical (unpaired) electrons. The first-order valence-electron chi connectivity index (χ1n) is 8.34. The summed E-state index contributed by atoms with van der Waals surface area (Å²) in [5.74, 6) is -0.895. The van der Waals surface area contributed by atoms with Gasteiger partial charge < -0.3 is 5.32 Å². The van der Waals surface area contributed by atoms with E-state index in [4.69, 9.17) is 0 Å². The van der Waals surface area contributed by atoms with Gasteiger partial charge in [0.1, 0.15) is 11.1 Å². The third kappa shape index (κ3) is 4.75. The van der Waals surface area contributed by atoms with Crippen molar-refractivity contribution in [3.05, 3.63) is 58.8 Å². The van der Waals surface area contributed by atoms with Crippen LogP contribution in [0.25, 0.3) is 0 Å². The van der Waals surface area contributed by atoms with Crippen LogP contribution in [0.1, 0.15) is 13.3 Å². The summed E-state index contributed by atoms with van der Waals surface area (Å²) >= 11 is 4.53. The maximum absolute atomic E-state index is 13.4. The van der Waals surface area contributed by atoms with Crippen LogP contribution in [0.2, 0.25) is 0 Å². The van der Waals surface area contributed by atoms with Crippen LogP contribution in [0.3, 0.4) is 0 Å². The fourth-order valence-corrected chi connectivity index (χ4v) is 3.98. The van der Waals surface area contributed by atoms with Gasteiger partial charge in [-0.05, 0) is 49.4 Å². The summed E-state index contributed by atoms with van der Waals surface area (Å²) in [4.78, 5) is 30.7. The number of anilines is 2. The van der Waals surface area contributed by atoms with Gasteiger partial charge in [-0.15, -0.1) is 0 Å². The van der Waals surface area contributed by atoms with Crippen LogP contribution in [0.15, 0.2) is 58.0 Å². The van der Waals surface area contributed by atoms with Gasteiger partial charge in [-0.2, -0.15) is 0 Å². The van der Waals surface area contributed by atoms with Crippen LogP contribution in [0.4, 0.5) is 15.8 Å². The number of nitrogens with one attached hydrogen (secondary N) is 1. The maximum Gasteiger partial charge on any atom is 0.247 e. The van der Waals surface area contributed by atoms with Crippen LogP contribution in [-0.4, -0.2) is 28.8 Å². The van der Waals surface area contributed by atoms with E-state index in [0.717, 1.165) is 4.47 Å². The Balaban J connectivity index is 1.75. The molecule has 1 atom stereocenters. The second-order valence-electron chi connectivity index (χ2n) is 5.77. The Bertz CT molecular complexity index is 889. The maximum atomic E-state index is 13.4. The van der Waals surface area contributed by atoms with Gasteiger partial charge in [-0.1, -0.05) is 33.8 Å². The number of hydrogen-bond acceptors (Lipinski definition) is 4. The smallest absolute Gasteiger partial charge is 0.247 e. The van der Waals surface area contributed by atoms with Crippen molar-refractivity contribution in [3.8, 4) is 0 Å². The molecule has 27 heavy (non-hydrogen) atoms. The number of amidine groups is 1. The van der Waals surface area contributed by atoms with E-state index in [1.807, 2.05) is 6.92 Å². The lowest BCUT2D eigenvalue weighted by Gasteiger charge is -2.16. The number of halogens is 2. The van der Waals surface area contributed by atoms with Crippen molar-refractivity contribution in [2.45, 2.75) is 18.6 Å². The zero-order chi connectivity index (χ0) is 19.4. The van der Waals surface area contributed by atoms with Gasteiger partial charge >= 0.3 is 0 Å². The van der Waals surface area contributed by atoms with E-state index in [1.54, 1.807) is 36.4 Å². The fourth-order valence-electron chi connectivity index (χ4n) is 2.63. The second kappa shape index (κ2) is 8.67. The second-order valence-corrected chi connectivity index (χ2v) is 7.88. The molecule has 140 valence electrons. The SMILES string of the molecule is CCN=C(Nc1cccc(F)c1)S[C@H]1CC(=O)N(c2ccc(Br)cc2)C1=O. The van der Waals surface area contributed by atoms with Gasteiger partial charge in [-0.25, -0.2) is 9.29 Å². The van der Waals surface area contributed by atoms with Crippen molar-refractivity contribution in [2.75, 3.05) is 16.8 Å². The average Bonchev–Trinajstić information content (AvgIpc) is 2.90. The van der Waals surface area contributed by atoms with Crippen molar-refractivity contribution in [3.63, 3.8) is 0 Å². The third-order valence-corrected chi connectivity index (χ3v) is 5.46. The number of amides is 2. The van der Waals surface area contributed by atoms with Crippen molar-refractivity contribution >= 4 is 56.0 Å². The molecule has 5 nitrogen and oxygen atoms in total. The highest BCUT2D eigenvalue weighted by Crippen LogP contribution is 2.31. The molecule has 1 aliphatic rings. The van der Waals surface area contributed by atoms with Gasteiger partial charge in [0.25, 0.3) is 0 Å². The summed E-state index contributed by atoms with van der Waals surface area (Å²) in [5.41, 5.74) is 1.08. The number of benzene rings is 2. The van der Waals surface area contributed by atoms with Crippen molar-refractivity contribution < 1.29 is 14.0 Å². The highest BCUT2D eigenvalue weighted by molar-refractivity contribution is 9.10. The topological polar surface area (TPSA) is 61.8 Å². The fraction of sp³-hybridized carbons (Fsp3) is 0.211. The number of hydrogen-bond donors (Lipinski definition) is 1. The van der Waals surface area contributed by atoms with E-state index in [0.29, 0.717) is 23.1 Å². The van der Waals surface area contributed by atoms with Gasteiger partial charge in [-0.3, -0.25) is 14.6 Å². The molecular weight excluding hydrogens is 433 g/mol. The summed E-state index contributed by atoms with van der Waals surface area (Å²) in [7, 11) is 0. The molecule has 0 aromatic heterocycles. The quantitative estimate of drug-likeness (QED) is 0.425. The number of carbonyl (C=O) groups excluding carboxylic acids is 2. The lowest BCUT2D eigenvalue weighted by atomic mass is 10.3. The van der Waals surface area contributed by atoms with E-state index in [9.17, 15) is 14.0 Å². The monoisotopic (exact) mass is 449 g/mol. The van der Waals surface area contributed by atoms with Crippen molar-refractivity contribution in [1.82, 2.24) is 0 Å². The lowest BCUT2D eigenvalue weighted by molar-refractivity contribution is -0.121. The summed E-state index contributed by atoms with van der Waals surface area (Å²) < 4.78 is 14.3. The molecule has 2 amide bonds. The van der Waals surface area contributed by atoms with Crippen LogP contribution < -0.4 is 10.2 Å². The first-order chi connectivity index (χ1) is 13.0. The van der Waals surface area contributed by atoms with E-state index in [1.165, 1.54) is 28.8 Å². The molecule has 8 heteroatoms. The van der Waals surface area contributed by atoms with Gasteiger partial charge in [0.15, 0.2) is 5.17 Å². The van der Waals surface area contributed by atoms with E-state index >= 15 is 0 Å². The van der Waals surface area contributed by atoms with Crippen molar-refractivity contribution in [2.24, 2.45) is 4.99 Å². The summed E-state index contributed by atoms with van der Waals surface area (Å²) in [6, 6.07) is 13.0. The Labute approximate surface area is 169 Å². The molecule has 0 unspecified atom stereocenters. The molecule has 1 aliphatic heterocycles. The Kier molecular flexibility index (Phi) is 6.28. The molecule has 1 fully saturated rings. The number of imide groups is 1. The molecule has 3 rings (SSSR count). The van der Waals surface area contributed by atoms with Crippen LogP contribution in [0.5, 0.6) is 0 Å². The number of aliphatic imine (C=N–C) groups is 1. The van der Waals surface area contributed by atoms with Gasteiger partial charge in [0.2, 0.25) is 11.8 Å². The molecule has 2 aromatic rings. The first-order valence-corrected chi connectivity index (χ1v) is 10.0. The molecule has 0 bridgehead atoms. The normalized spacial score (nSPS) is 17.5. The zero-order valence-corrected chi connectivity index (χ0v) is 16.9. The van der Waals surface area contributed by atoms with E-state index < -0.39 is 5.25 Å². The molecule has 0 saturated carbocycles. The summed E-state index contributed by atoms with van der Waals surface area (Å²) in [6.07, 6.45) is 0.0904. The predicted octanol–water partition coefficient (Wildman–Crippen LogP) is 4.44. The predicted molar refractivity (Wildman–Crippen MR) is 111 cm³/mol. The largest absolute Gasteiger partial charge is 0.335 e. The molecule has 1 N–H and O–H groups in total. The first kappa shape index (κ1) is 19.6. The minimum absolute atomic E-state index is 0.0904. The molecule has 2 aromatic carbocycles. The Morgan fingerprint density at radius 1 is 1.30 bits per heavy atom. The van der Waals surface area contributed by atoms with Crippen LogP contribution in [0, 0.1) is 5.82 Å². The van der Waals surface area contributed by atoms with Gasteiger partial charge in [0, 0.05) is 23.1 Å². The van der Waals surface area contributed by atoms with Crippen LogP contribution in [-0.2, 0) is 9.59 Å². The minimum Gasteiger partial charge on any atom is -0.335 e. The Morgan fingerprint density at radius 3 is 2.70 bits per heavy atom.